The van der Waals surface area contributed by atoms with E-state index < -0.39 is 0 Å². The SMILES string of the molecule is CCN(CC1CCCCN1)C1CCOC2(CCSC2)C1. The van der Waals surface area contributed by atoms with Crippen LogP contribution in [0.15, 0.2) is 0 Å². The second-order valence-electron chi connectivity index (χ2n) is 6.72. The highest BCUT2D eigenvalue weighted by molar-refractivity contribution is 7.99. The Hall–Kier alpha value is 0.230. The van der Waals surface area contributed by atoms with E-state index in [1.165, 1.54) is 69.7 Å². The zero-order valence-corrected chi connectivity index (χ0v) is 13.7. The Balaban J connectivity index is 1.57. The van der Waals surface area contributed by atoms with Crippen molar-refractivity contribution in [2.75, 3.05) is 37.7 Å². The molecule has 0 aromatic heterocycles. The van der Waals surface area contributed by atoms with E-state index in [9.17, 15) is 0 Å². The zero-order chi connectivity index (χ0) is 13.8. The third-order valence-corrected chi connectivity index (χ3v) is 6.55. The van der Waals surface area contributed by atoms with Gasteiger partial charge in [-0.3, -0.25) is 4.90 Å². The van der Waals surface area contributed by atoms with Crippen LogP contribution in [-0.4, -0.2) is 60.3 Å². The molecular formula is C16H30N2OS. The van der Waals surface area contributed by atoms with Crippen LogP contribution in [0.25, 0.3) is 0 Å². The Kier molecular flexibility index (Phi) is 5.29. The minimum Gasteiger partial charge on any atom is -0.374 e. The average Bonchev–Trinajstić information content (AvgIpc) is 2.93. The van der Waals surface area contributed by atoms with Crippen molar-refractivity contribution in [3.63, 3.8) is 0 Å². The molecule has 0 saturated carbocycles. The molecule has 0 aromatic rings. The van der Waals surface area contributed by atoms with Crippen LogP contribution in [0, 0.1) is 0 Å². The maximum absolute atomic E-state index is 6.18. The first kappa shape index (κ1) is 15.1. The largest absolute Gasteiger partial charge is 0.374 e. The van der Waals surface area contributed by atoms with Gasteiger partial charge in [0.05, 0.1) is 5.60 Å². The molecule has 0 amide bonds. The molecule has 0 bridgehead atoms. The van der Waals surface area contributed by atoms with Gasteiger partial charge in [0.2, 0.25) is 0 Å². The van der Waals surface area contributed by atoms with Crippen LogP contribution in [0.2, 0.25) is 0 Å². The van der Waals surface area contributed by atoms with Gasteiger partial charge >= 0.3 is 0 Å². The minimum atomic E-state index is 0.223. The van der Waals surface area contributed by atoms with Gasteiger partial charge in [-0.15, -0.1) is 0 Å². The van der Waals surface area contributed by atoms with Crippen LogP contribution in [-0.2, 0) is 4.74 Å². The lowest BCUT2D eigenvalue weighted by atomic mass is 9.88. The van der Waals surface area contributed by atoms with Crippen LogP contribution >= 0.6 is 11.8 Å². The summed E-state index contributed by atoms with van der Waals surface area (Å²) in [5.74, 6) is 2.52. The van der Waals surface area contributed by atoms with E-state index in [1.807, 2.05) is 0 Å². The average molecular weight is 298 g/mol. The first-order valence-electron chi connectivity index (χ1n) is 8.50. The lowest BCUT2D eigenvalue weighted by Gasteiger charge is -2.43. The fourth-order valence-corrected chi connectivity index (χ4v) is 5.45. The summed E-state index contributed by atoms with van der Waals surface area (Å²) < 4.78 is 6.18. The molecule has 20 heavy (non-hydrogen) atoms. The summed E-state index contributed by atoms with van der Waals surface area (Å²) in [7, 11) is 0. The fraction of sp³-hybridized carbons (Fsp3) is 1.00. The number of likely N-dealkylation sites (N-methyl/N-ethyl adjacent to an activating group) is 1. The van der Waals surface area contributed by atoms with Crippen molar-refractivity contribution in [1.82, 2.24) is 10.2 Å². The Morgan fingerprint density at radius 1 is 1.35 bits per heavy atom. The smallest absolute Gasteiger partial charge is 0.0795 e. The standard InChI is InChI=1S/C16H30N2OS/c1-2-18(12-14-5-3-4-8-17-14)15-6-9-19-16(11-15)7-10-20-13-16/h14-15,17H,2-13H2,1H3. The normalized spacial score (nSPS) is 38.7. The maximum atomic E-state index is 6.18. The van der Waals surface area contributed by atoms with Crippen LogP contribution in [0.5, 0.6) is 0 Å². The first-order chi connectivity index (χ1) is 9.81. The van der Waals surface area contributed by atoms with Gasteiger partial charge in [0.15, 0.2) is 0 Å². The number of ether oxygens (including phenoxy) is 1. The van der Waals surface area contributed by atoms with Gasteiger partial charge in [-0.25, -0.2) is 0 Å². The van der Waals surface area contributed by atoms with E-state index >= 15 is 0 Å². The second-order valence-corrected chi connectivity index (χ2v) is 7.82. The van der Waals surface area contributed by atoms with Gasteiger partial charge < -0.3 is 10.1 Å². The molecule has 3 saturated heterocycles. The van der Waals surface area contributed by atoms with Crippen molar-refractivity contribution in [3.05, 3.63) is 0 Å². The maximum Gasteiger partial charge on any atom is 0.0795 e. The van der Waals surface area contributed by atoms with Crippen molar-refractivity contribution in [1.29, 1.82) is 0 Å². The van der Waals surface area contributed by atoms with E-state index in [1.54, 1.807) is 0 Å². The number of hydrogen-bond acceptors (Lipinski definition) is 4. The molecule has 3 nitrogen and oxygen atoms in total. The highest BCUT2D eigenvalue weighted by Gasteiger charge is 2.41. The van der Waals surface area contributed by atoms with Crippen molar-refractivity contribution in [3.8, 4) is 0 Å². The Bertz CT molecular complexity index is 301. The number of nitrogens with zero attached hydrogens (tertiary/aromatic N) is 1. The van der Waals surface area contributed by atoms with Gasteiger partial charge in [-0.2, -0.15) is 11.8 Å². The number of rotatable bonds is 4. The molecule has 4 heteroatoms. The van der Waals surface area contributed by atoms with Gasteiger partial charge in [0, 0.05) is 31.0 Å². The van der Waals surface area contributed by atoms with Gasteiger partial charge in [0.1, 0.15) is 0 Å². The number of nitrogens with one attached hydrogen (secondary N) is 1. The topological polar surface area (TPSA) is 24.5 Å². The molecule has 1 N–H and O–H groups in total. The van der Waals surface area contributed by atoms with E-state index in [4.69, 9.17) is 4.74 Å². The van der Waals surface area contributed by atoms with Crippen LogP contribution < -0.4 is 5.32 Å². The molecule has 3 rings (SSSR count). The summed E-state index contributed by atoms with van der Waals surface area (Å²) in [6, 6.07) is 1.47. The fourth-order valence-electron chi connectivity index (χ4n) is 4.08. The molecule has 3 aliphatic rings. The molecule has 0 radical (unpaired) electrons. The molecule has 3 aliphatic heterocycles. The van der Waals surface area contributed by atoms with Crippen molar-refractivity contribution in [2.45, 2.75) is 63.1 Å². The van der Waals surface area contributed by atoms with Crippen LogP contribution in [0.1, 0.15) is 45.4 Å². The Morgan fingerprint density at radius 3 is 3.00 bits per heavy atom. The van der Waals surface area contributed by atoms with E-state index in [-0.39, 0.29) is 5.60 Å². The summed E-state index contributed by atoms with van der Waals surface area (Å²) in [6.45, 7) is 6.95. The lowest BCUT2D eigenvalue weighted by Crippen LogP contribution is -2.52. The summed E-state index contributed by atoms with van der Waals surface area (Å²) in [5.41, 5.74) is 0.223. The molecule has 3 unspecified atom stereocenters. The third-order valence-electron chi connectivity index (χ3n) is 5.32. The Morgan fingerprint density at radius 2 is 2.30 bits per heavy atom. The highest BCUT2D eigenvalue weighted by atomic mass is 32.2. The monoisotopic (exact) mass is 298 g/mol. The summed E-state index contributed by atoms with van der Waals surface area (Å²) in [5, 5.41) is 3.71. The number of piperidine rings is 1. The predicted octanol–water partition coefficient (Wildman–Crippen LogP) is 2.51. The summed E-state index contributed by atoms with van der Waals surface area (Å²) in [4.78, 5) is 2.73. The van der Waals surface area contributed by atoms with Crippen LogP contribution in [0.3, 0.4) is 0 Å². The van der Waals surface area contributed by atoms with Crippen molar-refractivity contribution < 1.29 is 4.74 Å². The third kappa shape index (κ3) is 3.52. The zero-order valence-electron chi connectivity index (χ0n) is 12.9. The molecule has 0 aliphatic carbocycles. The summed E-state index contributed by atoms with van der Waals surface area (Å²) in [6.07, 6.45) is 7.89. The molecule has 3 heterocycles. The molecule has 3 fully saturated rings. The highest BCUT2D eigenvalue weighted by Crippen LogP contribution is 2.39. The molecule has 3 atom stereocenters. The van der Waals surface area contributed by atoms with Crippen LogP contribution in [0.4, 0.5) is 0 Å². The molecule has 0 aromatic carbocycles. The second kappa shape index (κ2) is 6.99. The number of thioether (sulfide) groups is 1. The molecule has 116 valence electrons. The Labute approximate surface area is 128 Å². The summed E-state index contributed by atoms with van der Waals surface area (Å²) >= 11 is 2.08. The van der Waals surface area contributed by atoms with E-state index in [0.717, 1.165) is 18.7 Å². The van der Waals surface area contributed by atoms with Crippen molar-refractivity contribution in [2.24, 2.45) is 0 Å². The van der Waals surface area contributed by atoms with E-state index in [0.29, 0.717) is 0 Å². The molecular weight excluding hydrogens is 268 g/mol. The van der Waals surface area contributed by atoms with E-state index in [2.05, 4.69) is 28.9 Å². The first-order valence-corrected chi connectivity index (χ1v) is 9.66. The van der Waals surface area contributed by atoms with Gasteiger partial charge in [0.25, 0.3) is 0 Å². The minimum absolute atomic E-state index is 0.223. The van der Waals surface area contributed by atoms with Gasteiger partial charge in [-0.1, -0.05) is 13.3 Å². The predicted molar refractivity (Wildman–Crippen MR) is 86.5 cm³/mol. The van der Waals surface area contributed by atoms with Crippen molar-refractivity contribution >= 4 is 11.8 Å². The molecule has 1 spiro atoms. The van der Waals surface area contributed by atoms with Gasteiger partial charge in [-0.05, 0) is 50.9 Å². The lowest BCUT2D eigenvalue weighted by molar-refractivity contribution is -0.0900. The number of hydrogen-bond donors (Lipinski definition) is 1. The quantitative estimate of drug-likeness (QED) is 0.862.